The highest BCUT2D eigenvalue weighted by molar-refractivity contribution is 8.00. The fourth-order valence-corrected chi connectivity index (χ4v) is 4.26. The van der Waals surface area contributed by atoms with Gasteiger partial charge in [-0.3, -0.25) is 9.59 Å². The molecule has 3 aromatic carbocycles. The molecular formula is C23H22N2O4S. The molecule has 4 rings (SSSR count). The van der Waals surface area contributed by atoms with Gasteiger partial charge in [-0.15, -0.1) is 11.8 Å². The number of aliphatic hydroxyl groups is 1. The summed E-state index contributed by atoms with van der Waals surface area (Å²) in [6, 6.07) is 21.1. The number of amides is 2. The number of para-hydroxylation sites is 1. The Hall–Kier alpha value is -3.03. The van der Waals surface area contributed by atoms with Crippen molar-refractivity contribution in [2.45, 2.75) is 11.0 Å². The van der Waals surface area contributed by atoms with Crippen LogP contribution in [0, 0.1) is 0 Å². The van der Waals surface area contributed by atoms with Gasteiger partial charge in [-0.1, -0.05) is 48.5 Å². The van der Waals surface area contributed by atoms with Gasteiger partial charge in [0, 0.05) is 16.8 Å². The number of aliphatic hydroxyl groups excluding tert-OH is 1. The van der Waals surface area contributed by atoms with Crippen molar-refractivity contribution in [2.24, 2.45) is 0 Å². The van der Waals surface area contributed by atoms with Gasteiger partial charge in [0.25, 0.3) is 0 Å². The molecule has 0 saturated carbocycles. The summed E-state index contributed by atoms with van der Waals surface area (Å²) in [5.41, 5.74) is 0.744. The van der Waals surface area contributed by atoms with Gasteiger partial charge in [0.15, 0.2) is 0 Å². The lowest BCUT2D eigenvalue weighted by atomic mass is 10.1. The average molecular weight is 423 g/mol. The number of anilines is 1. The number of carbonyl (C=O) groups is 2. The van der Waals surface area contributed by atoms with E-state index in [1.165, 1.54) is 16.7 Å². The van der Waals surface area contributed by atoms with E-state index in [1.54, 1.807) is 0 Å². The number of hydrogen-bond acceptors (Lipinski definition) is 5. The maximum atomic E-state index is 12.4. The van der Waals surface area contributed by atoms with Crippen LogP contribution in [-0.2, 0) is 9.59 Å². The van der Waals surface area contributed by atoms with E-state index < -0.39 is 6.10 Å². The van der Waals surface area contributed by atoms with Crippen LogP contribution in [0.25, 0.3) is 10.8 Å². The minimum Gasteiger partial charge on any atom is -0.490 e. The van der Waals surface area contributed by atoms with Crippen molar-refractivity contribution in [3.63, 3.8) is 0 Å². The molecule has 1 aliphatic rings. The van der Waals surface area contributed by atoms with E-state index in [4.69, 9.17) is 4.74 Å². The second-order valence-electron chi connectivity index (χ2n) is 6.98. The summed E-state index contributed by atoms with van der Waals surface area (Å²) in [4.78, 5) is 27.1. The molecular weight excluding hydrogens is 400 g/mol. The summed E-state index contributed by atoms with van der Waals surface area (Å²) in [6.45, 7) is 0.0196. The molecule has 3 aromatic rings. The molecule has 7 heteroatoms. The Morgan fingerprint density at radius 1 is 1.10 bits per heavy atom. The standard InChI is InChI=1S/C23H22N2O4S/c26-17(14-29-20-10-5-7-16-6-1-2-8-18(16)20)12-24-22(27)13-25-19-9-3-4-11-21(19)30-15-23(25)28/h1-11,17,26H,12-15H2,(H,24,27)/t17-/m0/s1. The van der Waals surface area contributed by atoms with Crippen molar-refractivity contribution in [2.75, 3.05) is 30.3 Å². The molecule has 0 aromatic heterocycles. The molecule has 0 fully saturated rings. The zero-order valence-corrected chi connectivity index (χ0v) is 17.1. The Kier molecular flexibility index (Phi) is 6.21. The highest BCUT2D eigenvalue weighted by Gasteiger charge is 2.26. The lowest BCUT2D eigenvalue weighted by molar-refractivity contribution is -0.123. The van der Waals surface area contributed by atoms with Crippen molar-refractivity contribution in [1.29, 1.82) is 0 Å². The van der Waals surface area contributed by atoms with E-state index in [0.29, 0.717) is 11.5 Å². The molecule has 0 spiro atoms. The summed E-state index contributed by atoms with van der Waals surface area (Å²) < 4.78 is 5.76. The number of fused-ring (bicyclic) bond motifs is 2. The van der Waals surface area contributed by atoms with Gasteiger partial charge in [-0.25, -0.2) is 0 Å². The predicted octanol–water partition coefficient (Wildman–Crippen LogP) is 2.83. The summed E-state index contributed by atoms with van der Waals surface area (Å²) >= 11 is 1.47. The van der Waals surface area contributed by atoms with Crippen molar-refractivity contribution < 1.29 is 19.4 Å². The minimum absolute atomic E-state index is 0.0437. The molecule has 0 unspecified atom stereocenters. The Morgan fingerprint density at radius 3 is 2.77 bits per heavy atom. The third kappa shape index (κ3) is 4.58. The highest BCUT2D eigenvalue weighted by atomic mass is 32.2. The van der Waals surface area contributed by atoms with E-state index in [1.807, 2.05) is 66.7 Å². The predicted molar refractivity (Wildman–Crippen MR) is 118 cm³/mol. The lowest BCUT2D eigenvalue weighted by Gasteiger charge is -2.28. The first-order valence-electron chi connectivity index (χ1n) is 9.69. The smallest absolute Gasteiger partial charge is 0.240 e. The van der Waals surface area contributed by atoms with E-state index in [2.05, 4.69) is 5.32 Å². The van der Waals surface area contributed by atoms with Crippen LogP contribution in [0.3, 0.4) is 0 Å². The first-order chi connectivity index (χ1) is 14.6. The van der Waals surface area contributed by atoms with Crippen LogP contribution in [0.15, 0.2) is 71.6 Å². The number of carbonyl (C=O) groups excluding carboxylic acids is 2. The molecule has 0 aliphatic carbocycles. The fourth-order valence-electron chi connectivity index (χ4n) is 3.32. The van der Waals surface area contributed by atoms with Crippen LogP contribution in [0.2, 0.25) is 0 Å². The van der Waals surface area contributed by atoms with Crippen molar-refractivity contribution in [3.05, 3.63) is 66.7 Å². The molecule has 0 radical (unpaired) electrons. The Morgan fingerprint density at radius 2 is 1.87 bits per heavy atom. The van der Waals surface area contributed by atoms with Crippen molar-refractivity contribution >= 4 is 40.0 Å². The lowest BCUT2D eigenvalue weighted by Crippen LogP contribution is -2.45. The summed E-state index contributed by atoms with van der Waals surface area (Å²) in [7, 11) is 0. The highest BCUT2D eigenvalue weighted by Crippen LogP contribution is 2.34. The van der Waals surface area contributed by atoms with Crippen molar-refractivity contribution in [3.8, 4) is 5.75 Å². The molecule has 30 heavy (non-hydrogen) atoms. The molecule has 2 amide bonds. The molecule has 154 valence electrons. The van der Waals surface area contributed by atoms with Gasteiger partial charge in [0.05, 0.1) is 11.4 Å². The Balaban J connectivity index is 1.29. The van der Waals surface area contributed by atoms with Crippen LogP contribution >= 0.6 is 11.8 Å². The topological polar surface area (TPSA) is 78.9 Å². The number of nitrogens with zero attached hydrogens (tertiary/aromatic N) is 1. The number of ether oxygens (including phenoxy) is 1. The molecule has 0 saturated heterocycles. The van der Waals surface area contributed by atoms with Gasteiger partial charge in [-0.2, -0.15) is 0 Å². The van der Waals surface area contributed by atoms with E-state index >= 15 is 0 Å². The van der Waals surface area contributed by atoms with E-state index in [-0.39, 0.29) is 31.5 Å². The zero-order chi connectivity index (χ0) is 20.9. The van der Waals surface area contributed by atoms with Crippen LogP contribution in [0.1, 0.15) is 0 Å². The number of nitrogens with one attached hydrogen (secondary N) is 1. The second kappa shape index (κ2) is 9.19. The summed E-state index contributed by atoms with van der Waals surface area (Å²) in [5.74, 6) is 0.570. The van der Waals surface area contributed by atoms with Crippen LogP contribution < -0.4 is 15.0 Å². The molecule has 1 aliphatic heterocycles. The van der Waals surface area contributed by atoms with Crippen LogP contribution in [-0.4, -0.2) is 48.5 Å². The Bertz CT molecular complexity index is 1070. The quantitative estimate of drug-likeness (QED) is 0.612. The van der Waals surface area contributed by atoms with E-state index in [0.717, 1.165) is 21.4 Å². The van der Waals surface area contributed by atoms with Gasteiger partial charge in [-0.05, 0) is 23.6 Å². The summed E-state index contributed by atoms with van der Waals surface area (Å²) in [5, 5.41) is 14.9. The molecule has 1 heterocycles. The number of benzene rings is 3. The van der Waals surface area contributed by atoms with Gasteiger partial charge in [0.2, 0.25) is 11.8 Å². The van der Waals surface area contributed by atoms with Gasteiger partial charge >= 0.3 is 0 Å². The van der Waals surface area contributed by atoms with Gasteiger partial charge in [0.1, 0.15) is 25.0 Å². The molecule has 1 atom stereocenters. The number of hydrogen-bond donors (Lipinski definition) is 2. The maximum absolute atomic E-state index is 12.4. The first kappa shape index (κ1) is 20.3. The van der Waals surface area contributed by atoms with Crippen molar-refractivity contribution in [1.82, 2.24) is 5.32 Å². The molecule has 2 N–H and O–H groups in total. The summed E-state index contributed by atoms with van der Waals surface area (Å²) in [6.07, 6.45) is -0.868. The number of thioether (sulfide) groups is 1. The average Bonchev–Trinajstić information content (AvgIpc) is 2.78. The SMILES string of the molecule is O=C(CN1C(=O)CSc2ccccc21)NC[C@H](O)COc1cccc2ccccc12. The van der Waals surface area contributed by atoms with Crippen LogP contribution in [0.4, 0.5) is 5.69 Å². The Labute approximate surface area is 178 Å². The van der Waals surface area contributed by atoms with Crippen LogP contribution in [0.5, 0.6) is 5.75 Å². The first-order valence-corrected chi connectivity index (χ1v) is 10.7. The normalized spacial score (nSPS) is 14.3. The molecule has 6 nitrogen and oxygen atoms in total. The largest absolute Gasteiger partial charge is 0.490 e. The third-order valence-electron chi connectivity index (χ3n) is 4.83. The molecule has 0 bridgehead atoms. The van der Waals surface area contributed by atoms with E-state index in [9.17, 15) is 14.7 Å². The monoisotopic (exact) mass is 422 g/mol. The maximum Gasteiger partial charge on any atom is 0.240 e. The fraction of sp³-hybridized carbons (Fsp3) is 0.217. The van der Waals surface area contributed by atoms with Gasteiger partial charge < -0.3 is 20.1 Å². The zero-order valence-electron chi connectivity index (χ0n) is 16.3. The number of rotatable bonds is 7. The second-order valence-corrected chi connectivity index (χ2v) is 8.00. The minimum atomic E-state index is -0.868. The third-order valence-corrected chi connectivity index (χ3v) is 5.87.